The van der Waals surface area contributed by atoms with Crippen molar-refractivity contribution in [2.45, 2.75) is 6.54 Å². The van der Waals surface area contributed by atoms with Gasteiger partial charge < -0.3 is 10.6 Å². The first-order chi connectivity index (χ1) is 8.56. The van der Waals surface area contributed by atoms with Gasteiger partial charge in [-0.3, -0.25) is 4.79 Å². The van der Waals surface area contributed by atoms with Crippen molar-refractivity contribution in [3.05, 3.63) is 44.7 Å². The van der Waals surface area contributed by atoms with Crippen LogP contribution in [0, 0.1) is 0 Å². The highest BCUT2D eigenvalue weighted by atomic mass is 79.9. The Bertz CT molecular complexity index is 570. The van der Waals surface area contributed by atoms with Crippen LogP contribution in [-0.4, -0.2) is 22.8 Å². The Morgan fingerprint density at radius 1 is 1.56 bits per heavy atom. The second-order valence-electron chi connectivity index (χ2n) is 3.84. The number of thiophene rings is 1. The SMILES string of the molecule is CN(Cc1cc(Br)cs1)C(=O)c1cccc(N)n1. The van der Waals surface area contributed by atoms with Crippen molar-refractivity contribution in [2.24, 2.45) is 0 Å². The summed E-state index contributed by atoms with van der Waals surface area (Å²) in [4.78, 5) is 18.9. The van der Waals surface area contributed by atoms with E-state index in [1.807, 2.05) is 11.4 Å². The number of hydrogen-bond donors (Lipinski definition) is 1. The summed E-state index contributed by atoms with van der Waals surface area (Å²) in [7, 11) is 1.75. The largest absolute Gasteiger partial charge is 0.384 e. The van der Waals surface area contributed by atoms with E-state index in [2.05, 4.69) is 20.9 Å². The molecule has 0 aromatic carbocycles. The normalized spacial score (nSPS) is 10.3. The molecule has 0 atom stereocenters. The van der Waals surface area contributed by atoms with E-state index in [1.165, 1.54) is 0 Å². The van der Waals surface area contributed by atoms with Crippen LogP contribution in [0.4, 0.5) is 5.82 Å². The molecule has 0 unspecified atom stereocenters. The summed E-state index contributed by atoms with van der Waals surface area (Å²) in [5.41, 5.74) is 5.94. The molecule has 1 amide bonds. The minimum atomic E-state index is -0.133. The first-order valence-corrected chi connectivity index (χ1v) is 6.94. The number of aromatic nitrogens is 1. The van der Waals surface area contributed by atoms with Crippen molar-refractivity contribution in [1.82, 2.24) is 9.88 Å². The lowest BCUT2D eigenvalue weighted by Gasteiger charge is -2.15. The fourth-order valence-electron chi connectivity index (χ4n) is 1.51. The number of nitrogens with zero attached hydrogens (tertiary/aromatic N) is 2. The number of hydrogen-bond acceptors (Lipinski definition) is 4. The fraction of sp³-hybridized carbons (Fsp3) is 0.167. The summed E-state index contributed by atoms with van der Waals surface area (Å²) in [6, 6.07) is 7.05. The van der Waals surface area contributed by atoms with E-state index in [-0.39, 0.29) is 5.91 Å². The first kappa shape index (κ1) is 13.0. The molecule has 0 saturated carbocycles. The summed E-state index contributed by atoms with van der Waals surface area (Å²) in [5.74, 6) is 0.222. The van der Waals surface area contributed by atoms with Gasteiger partial charge in [0, 0.05) is 21.8 Å². The Labute approximate surface area is 118 Å². The van der Waals surface area contributed by atoms with Crippen LogP contribution in [0.5, 0.6) is 0 Å². The Hall–Kier alpha value is -1.40. The van der Waals surface area contributed by atoms with Crippen LogP contribution in [0.25, 0.3) is 0 Å². The summed E-state index contributed by atoms with van der Waals surface area (Å²) in [5, 5.41) is 1.99. The third-order valence-electron chi connectivity index (χ3n) is 2.35. The van der Waals surface area contributed by atoms with Gasteiger partial charge in [0.25, 0.3) is 5.91 Å². The van der Waals surface area contributed by atoms with Gasteiger partial charge in [0.05, 0.1) is 6.54 Å². The topological polar surface area (TPSA) is 59.2 Å². The average molecular weight is 326 g/mol. The van der Waals surface area contributed by atoms with Gasteiger partial charge in [0.1, 0.15) is 11.5 Å². The predicted octanol–water partition coefficient (Wildman–Crippen LogP) is 2.76. The Balaban J connectivity index is 2.09. The average Bonchev–Trinajstić information content (AvgIpc) is 2.73. The molecule has 2 aromatic rings. The van der Waals surface area contributed by atoms with Crippen LogP contribution >= 0.6 is 27.3 Å². The summed E-state index contributed by atoms with van der Waals surface area (Å²) < 4.78 is 1.03. The number of carbonyl (C=O) groups is 1. The standard InChI is InChI=1S/C12H12BrN3OS/c1-16(6-9-5-8(13)7-18-9)12(17)10-3-2-4-11(14)15-10/h2-5,7H,6H2,1H3,(H2,14,15). The minimum absolute atomic E-state index is 0.133. The van der Waals surface area contributed by atoms with E-state index in [4.69, 9.17) is 5.73 Å². The molecule has 0 aliphatic rings. The number of halogens is 1. The molecule has 2 rings (SSSR count). The lowest BCUT2D eigenvalue weighted by molar-refractivity contribution is 0.0781. The minimum Gasteiger partial charge on any atom is -0.384 e. The molecule has 6 heteroatoms. The first-order valence-electron chi connectivity index (χ1n) is 5.27. The number of amides is 1. The Kier molecular flexibility index (Phi) is 3.98. The third kappa shape index (κ3) is 3.08. The monoisotopic (exact) mass is 325 g/mol. The number of pyridine rings is 1. The molecular weight excluding hydrogens is 314 g/mol. The highest BCUT2D eigenvalue weighted by Crippen LogP contribution is 2.21. The van der Waals surface area contributed by atoms with Gasteiger partial charge in [0.2, 0.25) is 0 Å². The number of rotatable bonds is 3. The van der Waals surface area contributed by atoms with Crippen molar-refractivity contribution < 1.29 is 4.79 Å². The van der Waals surface area contributed by atoms with E-state index in [0.29, 0.717) is 18.1 Å². The number of nitrogens with two attached hydrogens (primary N) is 1. The van der Waals surface area contributed by atoms with Gasteiger partial charge in [-0.15, -0.1) is 11.3 Å². The molecule has 0 spiro atoms. The molecule has 0 bridgehead atoms. The van der Waals surface area contributed by atoms with Gasteiger partial charge in [0.15, 0.2) is 0 Å². The zero-order chi connectivity index (χ0) is 13.1. The molecule has 4 nitrogen and oxygen atoms in total. The second-order valence-corrected chi connectivity index (χ2v) is 5.75. The maximum Gasteiger partial charge on any atom is 0.272 e. The van der Waals surface area contributed by atoms with E-state index in [0.717, 1.165) is 9.35 Å². The van der Waals surface area contributed by atoms with Crippen LogP contribution in [0.2, 0.25) is 0 Å². The van der Waals surface area contributed by atoms with Crippen LogP contribution in [0.3, 0.4) is 0 Å². The molecular formula is C12H12BrN3OS. The molecule has 94 valence electrons. The van der Waals surface area contributed by atoms with Crippen molar-refractivity contribution in [3.63, 3.8) is 0 Å². The lowest BCUT2D eigenvalue weighted by Crippen LogP contribution is -2.26. The highest BCUT2D eigenvalue weighted by Gasteiger charge is 2.14. The van der Waals surface area contributed by atoms with Crippen LogP contribution < -0.4 is 5.73 Å². The van der Waals surface area contributed by atoms with Gasteiger partial charge >= 0.3 is 0 Å². The maximum atomic E-state index is 12.1. The molecule has 0 fully saturated rings. The van der Waals surface area contributed by atoms with Gasteiger partial charge in [-0.1, -0.05) is 6.07 Å². The maximum absolute atomic E-state index is 12.1. The molecule has 0 saturated heterocycles. The van der Waals surface area contributed by atoms with Crippen molar-refractivity contribution in [1.29, 1.82) is 0 Å². The van der Waals surface area contributed by atoms with Gasteiger partial charge in [-0.2, -0.15) is 0 Å². The van der Waals surface area contributed by atoms with Gasteiger partial charge in [-0.05, 0) is 34.1 Å². The second kappa shape index (κ2) is 5.49. The summed E-state index contributed by atoms with van der Waals surface area (Å²) in [6.45, 7) is 0.561. The lowest BCUT2D eigenvalue weighted by atomic mass is 10.3. The number of nitrogen functional groups attached to an aromatic ring is 1. The number of anilines is 1. The molecule has 2 heterocycles. The fourth-order valence-corrected chi connectivity index (χ4v) is 3.01. The zero-order valence-electron chi connectivity index (χ0n) is 9.76. The summed E-state index contributed by atoms with van der Waals surface area (Å²) in [6.07, 6.45) is 0. The van der Waals surface area contributed by atoms with Crippen LogP contribution in [-0.2, 0) is 6.54 Å². The molecule has 18 heavy (non-hydrogen) atoms. The predicted molar refractivity (Wildman–Crippen MR) is 76.5 cm³/mol. The third-order valence-corrected chi connectivity index (χ3v) is 4.03. The van der Waals surface area contributed by atoms with E-state index >= 15 is 0 Å². The summed E-state index contributed by atoms with van der Waals surface area (Å²) >= 11 is 5.00. The van der Waals surface area contributed by atoms with E-state index < -0.39 is 0 Å². The van der Waals surface area contributed by atoms with Crippen molar-refractivity contribution in [2.75, 3.05) is 12.8 Å². The molecule has 2 aromatic heterocycles. The van der Waals surface area contributed by atoms with Crippen LogP contribution in [0.1, 0.15) is 15.4 Å². The molecule has 0 aliphatic heterocycles. The number of carbonyl (C=O) groups excluding carboxylic acids is 1. The van der Waals surface area contributed by atoms with E-state index in [1.54, 1.807) is 41.5 Å². The molecule has 2 N–H and O–H groups in total. The molecule has 0 radical (unpaired) electrons. The van der Waals surface area contributed by atoms with Gasteiger partial charge in [-0.25, -0.2) is 4.98 Å². The molecule has 0 aliphatic carbocycles. The highest BCUT2D eigenvalue weighted by molar-refractivity contribution is 9.10. The van der Waals surface area contributed by atoms with Crippen molar-refractivity contribution in [3.8, 4) is 0 Å². The Morgan fingerprint density at radius 3 is 2.94 bits per heavy atom. The van der Waals surface area contributed by atoms with Crippen LogP contribution in [0.15, 0.2) is 34.1 Å². The Morgan fingerprint density at radius 2 is 2.33 bits per heavy atom. The quantitative estimate of drug-likeness (QED) is 0.943. The zero-order valence-corrected chi connectivity index (χ0v) is 12.2. The van der Waals surface area contributed by atoms with Crippen molar-refractivity contribution >= 4 is 39.0 Å². The van der Waals surface area contributed by atoms with E-state index in [9.17, 15) is 4.79 Å². The smallest absolute Gasteiger partial charge is 0.272 e.